The topological polar surface area (TPSA) is 68.4 Å². The van der Waals surface area contributed by atoms with Crippen molar-refractivity contribution in [2.75, 3.05) is 5.17 Å². The number of aryl methyl sites for hydroxylation is 1. The number of hydrogen-bond donors (Lipinski definition) is 0. The number of benzene rings is 1. The van der Waals surface area contributed by atoms with E-state index in [0.717, 1.165) is 22.1 Å². The van der Waals surface area contributed by atoms with Crippen molar-refractivity contribution in [3.8, 4) is 11.4 Å². The zero-order valence-corrected chi connectivity index (χ0v) is 16.5. The number of thioether (sulfide) groups is 1. The molecule has 144 valence electrons. The fraction of sp³-hybridized carbons (Fsp3) is 0.263. The van der Waals surface area contributed by atoms with Crippen molar-refractivity contribution in [1.29, 1.82) is 0 Å². The maximum absolute atomic E-state index is 13.1. The molecule has 0 saturated carbocycles. The van der Waals surface area contributed by atoms with E-state index in [1.807, 2.05) is 30.7 Å². The molecule has 7 nitrogen and oxygen atoms in total. The third kappa shape index (κ3) is 3.76. The molecule has 0 spiro atoms. The molecule has 0 bridgehead atoms. The van der Waals surface area contributed by atoms with Crippen LogP contribution in [0.4, 0.5) is 10.1 Å². The third-order valence-corrected chi connectivity index (χ3v) is 5.54. The Hall–Kier alpha value is -2.78. The second kappa shape index (κ2) is 7.69. The van der Waals surface area contributed by atoms with E-state index in [9.17, 15) is 4.39 Å². The molecule has 3 heterocycles. The minimum atomic E-state index is -0.277. The Bertz CT molecular complexity index is 1010. The lowest BCUT2D eigenvalue weighted by molar-refractivity contribution is 0.0990. The monoisotopic (exact) mass is 398 g/mol. The first-order valence-electron chi connectivity index (χ1n) is 8.77. The summed E-state index contributed by atoms with van der Waals surface area (Å²) in [5.41, 5.74) is 2.55. The third-order valence-electron chi connectivity index (χ3n) is 4.33. The van der Waals surface area contributed by atoms with Gasteiger partial charge in [-0.15, -0.1) is 15.4 Å². The van der Waals surface area contributed by atoms with Crippen molar-refractivity contribution in [2.24, 2.45) is 12.1 Å². The summed E-state index contributed by atoms with van der Waals surface area (Å²) in [5.74, 6) is 0.408. The number of halogens is 1. The van der Waals surface area contributed by atoms with Crippen LogP contribution >= 0.6 is 11.8 Å². The lowest BCUT2D eigenvalue weighted by Crippen LogP contribution is -2.26. The van der Waals surface area contributed by atoms with E-state index in [1.165, 1.54) is 17.3 Å². The number of aromatic nitrogens is 4. The number of nitrogens with zero attached hydrogens (tertiary/aromatic N) is 6. The molecule has 0 aliphatic carbocycles. The van der Waals surface area contributed by atoms with Gasteiger partial charge in [-0.3, -0.25) is 4.98 Å². The van der Waals surface area contributed by atoms with Gasteiger partial charge in [0.15, 0.2) is 11.0 Å². The van der Waals surface area contributed by atoms with Gasteiger partial charge in [0.25, 0.3) is 0 Å². The van der Waals surface area contributed by atoms with Gasteiger partial charge in [-0.25, -0.2) is 9.23 Å². The van der Waals surface area contributed by atoms with Gasteiger partial charge in [-0.1, -0.05) is 11.8 Å². The Balaban J connectivity index is 1.44. The van der Waals surface area contributed by atoms with Crippen molar-refractivity contribution < 1.29 is 9.23 Å². The van der Waals surface area contributed by atoms with Crippen LogP contribution in [0.3, 0.4) is 0 Å². The molecule has 0 N–H and O–H groups in total. The number of pyridine rings is 1. The molecular formula is C19H19FN6OS. The molecule has 2 unspecified atom stereocenters. The van der Waals surface area contributed by atoms with Gasteiger partial charge in [0.2, 0.25) is 0 Å². The lowest BCUT2D eigenvalue weighted by Gasteiger charge is -2.19. The molecule has 0 saturated heterocycles. The van der Waals surface area contributed by atoms with Crippen molar-refractivity contribution in [2.45, 2.75) is 30.4 Å². The summed E-state index contributed by atoms with van der Waals surface area (Å²) in [6, 6.07) is 9.98. The maximum atomic E-state index is 13.1. The summed E-state index contributed by atoms with van der Waals surface area (Å²) < 4.78 is 15.0. The van der Waals surface area contributed by atoms with Gasteiger partial charge < -0.3 is 4.57 Å². The quantitative estimate of drug-likeness (QED) is 0.612. The van der Waals surface area contributed by atoms with Crippen molar-refractivity contribution in [3.63, 3.8) is 0 Å². The first-order valence-corrected chi connectivity index (χ1v) is 9.65. The average molecular weight is 398 g/mol. The summed E-state index contributed by atoms with van der Waals surface area (Å²) in [5, 5.41) is 15.2. The number of hydrogen-bond acceptors (Lipinski definition) is 7. The fourth-order valence-electron chi connectivity index (χ4n) is 2.78. The Kier molecular flexibility index (Phi) is 5.10. The highest BCUT2D eigenvalue weighted by molar-refractivity contribution is 7.99. The SMILES string of the molecule is Cc1cc(N2N=CC(C(C)Sc3nnc(-c4ccc(F)cc4)n3C)O2)ccn1. The smallest absolute Gasteiger partial charge is 0.191 e. The summed E-state index contributed by atoms with van der Waals surface area (Å²) in [7, 11) is 1.89. The predicted octanol–water partition coefficient (Wildman–Crippen LogP) is 3.61. The first kappa shape index (κ1) is 18.6. The molecule has 0 radical (unpaired) electrons. The van der Waals surface area contributed by atoms with E-state index < -0.39 is 0 Å². The Morgan fingerprint density at radius 2 is 1.96 bits per heavy atom. The van der Waals surface area contributed by atoms with E-state index in [-0.39, 0.29) is 17.2 Å². The van der Waals surface area contributed by atoms with Crippen LogP contribution in [-0.2, 0) is 11.9 Å². The van der Waals surface area contributed by atoms with E-state index in [0.29, 0.717) is 5.82 Å². The number of rotatable bonds is 5. The van der Waals surface area contributed by atoms with E-state index in [4.69, 9.17) is 4.84 Å². The van der Waals surface area contributed by atoms with Gasteiger partial charge in [0.1, 0.15) is 11.9 Å². The van der Waals surface area contributed by atoms with Crippen LogP contribution in [0.5, 0.6) is 0 Å². The Morgan fingerprint density at radius 3 is 2.71 bits per heavy atom. The van der Waals surface area contributed by atoms with Gasteiger partial charge in [0, 0.05) is 29.8 Å². The van der Waals surface area contributed by atoms with Gasteiger partial charge in [-0.05, 0) is 50.2 Å². The lowest BCUT2D eigenvalue weighted by atomic mass is 10.2. The first-order chi connectivity index (χ1) is 13.5. The van der Waals surface area contributed by atoms with Crippen molar-refractivity contribution in [1.82, 2.24) is 19.7 Å². The Morgan fingerprint density at radius 1 is 1.18 bits per heavy atom. The minimum Gasteiger partial charge on any atom is -0.305 e. The molecule has 28 heavy (non-hydrogen) atoms. The van der Waals surface area contributed by atoms with Crippen LogP contribution in [0.25, 0.3) is 11.4 Å². The second-order valence-electron chi connectivity index (χ2n) is 6.46. The van der Waals surface area contributed by atoms with Gasteiger partial charge >= 0.3 is 0 Å². The van der Waals surface area contributed by atoms with Crippen molar-refractivity contribution in [3.05, 3.63) is 54.1 Å². The molecular weight excluding hydrogens is 379 g/mol. The highest BCUT2D eigenvalue weighted by atomic mass is 32.2. The molecule has 1 aliphatic rings. The predicted molar refractivity (Wildman–Crippen MR) is 107 cm³/mol. The summed E-state index contributed by atoms with van der Waals surface area (Å²) in [4.78, 5) is 10.1. The summed E-state index contributed by atoms with van der Waals surface area (Å²) >= 11 is 1.55. The Labute approximate surface area is 166 Å². The molecule has 0 fully saturated rings. The van der Waals surface area contributed by atoms with Crippen LogP contribution in [0.1, 0.15) is 12.6 Å². The highest BCUT2D eigenvalue weighted by Crippen LogP contribution is 2.30. The highest BCUT2D eigenvalue weighted by Gasteiger charge is 2.28. The summed E-state index contributed by atoms with van der Waals surface area (Å²) in [6.45, 7) is 3.97. The minimum absolute atomic E-state index is 0.0562. The number of anilines is 1. The van der Waals surface area contributed by atoms with E-state index in [1.54, 1.807) is 36.3 Å². The molecule has 1 aliphatic heterocycles. The standard InChI is InChI=1S/C19H19FN6OS/c1-12-10-16(8-9-21-12)26-22-11-17(27-26)13(2)28-19-24-23-18(25(19)3)14-4-6-15(20)7-5-14/h4-11,13,17H,1-3H3. The fourth-order valence-corrected chi connectivity index (χ4v) is 3.70. The molecule has 4 rings (SSSR count). The van der Waals surface area contributed by atoms with Crippen LogP contribution in [0.2, 0.25) is 0 Å². The van der Waals surface area contributed by atoms with Crippen LogP contribution in [-0.4, -0.2) is 37.3 Å². The molecule has 3 aromatic rings. The normalized spacial score (nSPS) is 17.3. The summed E-state index contributed by atoms with van der Waals surface area (Å²) in [6.07, 6.45) is 3.31. The molecule has 1 aromatic carbocycles. The van der Waals surface area contributed by atoms with Gasteiger partial charge in [0.05, 0.1) is 11.9 Å². The molecule has 2 atom stereocenters. The van der Waals surface area contributed by atoms with Crippen LogP contribution < -0.4 is 5.17 Å². The zero-order valence-electron chi connectivity index (χ0n) is 15.7. The zero-order chi connectivity index (χ0) is 19.7. The second-order valence-corrected chi connectivity index (χ2v) is 7.80. The van der Waals surface area contributed by atoms with Gasteiger partial charge in [-0.2, -0.15) is 5.10 Å². The van der Waals surface area contributed by atoms with E-state index in [2.05, 4.69) is 27.2 Å². The molecule has 2 aromatic heterocycles. The van der Waals surface area contributed by atoms with E-state index >= 15 is 0 Å². The maximum Gasteiger partial charge on any atom is 0.191 e. The molecule has 9 heteroatoms. The largest absolute Gasteiger partial charge is 0.305 e. The average Bonchev–Trinajstić information content (AvgIpc) is 3.31. The molecule has 0 amide bonds. The number of hydrazone groups is 1. The van der Waals surface area contributed by atoms with Crippen LogP contribution in [0.15, 0.2) is 52.9 Å². The van der Waals surface area contributed by atoms with Crippen molar-refractivity contribution >= 4 is 23.7 Å². The van der Waals surface area contributed by atoms with Crippen LogP contribution in [0, 0.1) is 12.7 Å².